The molecule has 2 N–H and O–H groups in total. The highest BCUT2D eigenvalue weighted by atomic mass is 16.5. The summed E-state index contributed by atoms with van der Waals surface area (Å²) in [6.07, 6.45) is 3.53. The molecule has 0 spiro atoms. The van der Waals surface area contributed by atoms with Crippen molar-refractivity contribution in [2.24, 2.45) is 11.7 Å². The highest BCUT2D eigenvalue weighted by Gasteiger charge is 2.12. The minimum atomic E-state index is 0.269. The average molecular weight is 235 g/mol. The molecule has 1 aromatic carbocycles. The first-order valence-corrected chi connectivity index (χ1v) is 6.61. The maximum Gasteiger partial charge on any atom is 0.0717 e. The molecular weight excluding hydrogens is 210 g/mol. The zero-order chi connectivity index (χ0) is 12.5. The lowest BCUT2D eigenvalue weighted by atomic mass is 9.98. The van der Waals surface area contributed by atoms with E-state index in [1.165, 1.54) is 18.4 Å². The maximum absolute atomic E-state index is 6.10. The Balaban J connectivity index is 2.17. The van der Waals surface area contributed by atoms with Crippen LogP contribution < -0.4 is 5.73 Å². The number of rotatable bonds is 8. The van der Waals surface area contributed by atoms with E-state index >= 15 is 0 Å². The van der Waals surface area contributed by atoms with E-state index in [9.17, 15) is 0 Å². The van der Waals surface area contributed by atoms with Gasteiger partial charge in [-0.15, -0.1) is 0 Å². The standard InChI is InChI=1S/C15H25NO/c1-3-4-10-15(16)13(2)11-17-12-14-8-6-5-7-9-14/h5-9,13,15H,3-4,10-12,16H2,1-2H3/t13-,15+/m0/s1. The molecule has 0 saturated heterocycles. The number of benzene rings is 1. The van der Waals surface area contributed by atoms with Gasteiger partial charge in [0, 0.05) is 6.04 Å². The van der Waals surface area contributed by atoms with Crippen LogP contribution in [-0.2, 0) is 11.3 Å². The minimum Gasteiger partial charge on any atom is -0.376 e. The van der Waals surface area contributed by atoms with Crippen LogP contribution in [0.4, 0.5) is 0 Å². The maximum atomic E-state index is 6.10. The van der Waals surface area contributed by atoms with E-state index in [0.717, 1.165) is 13.0 Å². The van der Waals surface area contributed by atoms with Gasteiger partial charge in [0.25, 0.3) is 0 Å². The fraction of sp³-hybridized carbons (Fsp3) is 0.600. The van der Waals surface area contributed by atoms with Crippen molar-refractivity contribution in [1.82, 2.24) is 0 Å². The van der Waals surface area contributed by atoms with Crippen molar-refractivity contribution in [3.05, 3.63) is 35.9 Å². The lowest BCUT2D eigenvalue weighted by Crippen LogP contribution is -2.31. The monoisotopic (exact) mass is 235 g/mol. The predicted molar refractivity (Wildman–Crippen MR) is 72.8 cm³/mol. The summed E-state index contributed by atoms with van der Waals surface area (Å²) in [7, 11) is 0. The predicted octanol–water partition coefficient (Wildman–Crippen LogP) is 3.36. The molecule has 0 unspecified atom stereocenters. The fourth-order valence-corrected chi connectivity index (χ4v) is 1.78. The summed E-state index contributed by atoms with van der Waals surface area (Å²) >= 11 is 0. The number of nitrogens with two attached hydrogens (primary N) is 1. The van der Waals surface area contributed by atoms with Gasteiger partial charge >= 0.3 is 0 Å². The Labute approximate surface area is 105 Å². The van der Waals surface area contributed by atoms with Crippen molar-refractivity contribution in [3.63, 3.8) is 0 Å². The zero-order valence-corrected chi connectivity index (χ0v) is 11.1. The Kier molecular flexibility index (Phi) is 6.90. The van der Waals surface area contributed by atoms with Gasteiger partial charge in [-0.1, -0.05) is 57.0 Å². The summed E-state index contributed by atoms with van der Waals surface area (Å²) in [5, 5.41) is 0. The lowest BCUT2D eigenvalue weighted by Gasteiger charge is -2.19. The van der Waals surface area contributed by atoms with Gasteiger partial charge in [-0.05, 0) is 17.9 Å². The third kappa shape index (κ3) is 5.85. The highest BCUT2D eigenvalue weighted by Crippen LogP contribution is 2.10. The van der Waals surface area contributed by atoms with Crippen molar-refractivity contribution in [2.75, 3.05) is 6.61 Å². The van der Waals surface area contributed by atoms with Gasteiger partial charge in [0.15, 0.2) is 0 Å². The Bertz CT molecular complexity index is 286. The van der Waals surface area contributed by atoms with Crippen LogP contribution in [0, 0.1) is 5.92 Å². The quantitative estimate of drug-likeness (QED) is 0.750. The molecule has 0 aliphatic rings. The van der Waals surface area contributed by atoms with Crippen molar-refractivity contribution in [3.8, 4) is 0 Å². The average Bonchev–Trinajstić information content (AvgIpc) is 2.37. The van der Waals surface area contributed by atoms with Gasteiger partial charge in [0.05, 0.1) is 13.2 Å². The van der Waals surface area contributed by atoms with Crippen LogP contribution in [0.1, 0.15) is 38.7 Å². The summed E-state index contributed by atoms with van der Waals surface area (Å²) in [4.78, 5) is 0. The molecule has 1 aromatic rings. The Morgan fingerprint density at radius 1 is 1.24 bits per heavy atom. The molecular formula is C15H25NO. The smallest absolute Gasteiger partial charge is 0.0717 e. The van der Waals surface area contributed by atoms with Crippen molar-refractivity contribution in [2.45, 2.75) is 45.8 Å². The van der Waals surface area contributed by atoms with Gasteiger partial charge in [-0.2, -0.15) is 0 Å². The van der Waals surface area contributed by atoms with Crippen molar-refractivity contribution < 1.29 is 4.74 Å². The van der Waals surface area contributed by atoms with E-state index in [1.54, 1.807) is 0 Å². The summed E-state index contributed by atoms with van der Waals surface area (Å²) in [6, 6.07) is 10.5. The fourth-order valence-electron chi connectivity index (χ4n) is 1.78. The van der Waals surface area contributed by atoms with E-state index in [1.807, 2.05) is 18.2 Å². The second-order valence-corrected chi connectivity index (χ2v) is 4.78. The first-order valence-electron chi connectivity index (χ1n) is 6.61. The van der Waals surface area contributed by atoms with Crippen molar-refractivity contribution in [1.29, 1.82) is 0 Å². The minimum absolute atomic E-state index is 0.269. The molecule has 0 aromatic heterocycles. The summed E-state index contributed by atoms with van der Waals surface area (Å²) < 4.78 is 5.70. The van der Waals surface area contributed by atoms with Crippen LogP contribution in [0.2, 0.25) is 0 Å². The van der Waals surface area contributed by atoms with Gasteiger partial charge in [-0.3, -0.25) is 0 Å². The second kappa shape index (κ2) is 8.26. The van der Waals surface area contributed by atoms with Crippen LogP contribution in [0.3, 0.4) is 0 Å². The third-order valence-corrected chi connectivity index (χ3v) is 3.11. The van der Waals surface area contributed by atoms with E-state index in [-0.39, 0.29) is 6.04 Å². The molecule has 96 valence electrons. The molecule has 2 nitrogen and oxygen atoms in total. The molecule has 0 bridgehead atoms. The van der Waals surface area contributed by atoms with E-state index in [2.05, 4.69) is 26.0 Å². The second-order valence-electron chi connectivity index (χ2n) is 4.78. The molecule has 2 heteroatoms. The van der Waals surface area contributed by atoms with E-state index in [4.69, 9.17) is 10.5 Å². The van der Waals surface area contributed by atoms with Gasteiger partial charge in [-0.25, -0.2) is 0 Å². The number of hydrogen-bond acceptors (Lipinski definition) is 2. The zero-order valence-electron chi connectivity index (χ0n) is 11.1. The van der Waals surface area contributed by atoms with Crippen LogP contribution >= 0.6 is 0 Å². The molecule has 0 heterocycles. The van der Waals surface area contributed by atoms with Gasteiger partial charge < -0.3 is 10.5 Å². The molecule has 0 radical (unpaired) electrons. The highest BCUT2D eigenvalue weighted by molar-refractivity contribution is 5.13. The first-order chi connectivity index (χ1) is 8.24. The molecule has 0 aliphatic carbocycles. The molecule has 0 saturated carbocycles. The molecule has 2 atom stereocenters. The normalized spacial score (nSPS) is 14.5. The number of unbranched alkanes of at least 4 members (excludes halogenated alkanes) is 1. The largest absolute Gasteiger partial charge is 0.376 e. The molecule has 0 aliphatic heterocycles. The summed E-state index contributed by atoms with van der Waals surface area (Å²) in [5.41, 5.74) is 7.33. The number of ether oxygens (including phenoxy) is 1. The first kappa shape index (κ1) is 14.2. The number of hydrogen-bond donors (Lipinski definition) is 1. The van der Waals surface area contributed by atoms with Gasteiger partial charge in [0.2, 0.25) is 0 Å². The Morgan fingerprint density at radius 2 is 1.94 bits per heavy atom. The Hall–Kier alpha value is -0.860. The molecule has 17 heavy (non-hydrogen) atoms. The molecule has 0 amide bonds. The van der Waals surface area contributed by atoms with Crippen molar-refractivity contribution >= 4 is 0 Å². The van der Waals surface area contributed by atoms with E-state index in [0.29, 0.717) is 12.5 Å². The Morgan fingerprint density at radius 3 is 2.59 bits per heavy atom. The van der Waals surface area contributed by atoms with Crippen LogP contribution in [-0.4, -0.2) is 12.6 Å². The van der Waals surface area contributed by atoms with Crippen LogP contribution in [0.25, 0.3) is 0 Å². The topological polar surface area (TPSA) is 35.2 Å². The SMILES string of the molecule is CCCC[C@@H](N)[C@@H](C)COCc1ccccc1. The third-order valence-electron chi connectivity index (χ3n) is 3.11. The van der Waals surface area contributed by atoms with Crippen LogP contribution in [0.5, 0.6) is 0 Å². The molecule has 1 rings (SSSR count). The molecule has 0 fully saturated rings. The summed E-state index contributed by atoms with van der Waals surface area (Å²) in [6.45, 7) is 5.81. The van der Waals surface area contributed by atoms with Crippen LogP contribution in [0.15, 0.2) is 30.3 Å². The van der Waals surface area contributed by atoms with Gasteiger partial charge in [0.1, 0.15) is 0 Å². The lowest BCUT2D eigenvalue weighted by molar-refractivity contribution is 0.0828. The summed E-state index contributed by atoms with van der Waals surface area (Å²) in [5.74, 6) is 0.435. The van der Waals surface area contributed by atoms with E-state index < -0.39 is 0 Å².